The van der Waals surface area contributed by atoms with Crippen LogP contribution in [0, 0.1) is 0 Å². The topological polar surface area (TPSA) is 96.9 Å². The third kappa shape index (κ3) is 4.27. The van der Waals surface area contributed by atoms with Gasteiger partial charge < -0.3 is 4.74 Å². The molecule has 0 aromatic carbocycles. The number of rotatable bonds is 7. The summed E-state index contributed by atoms with van der Waals surface area (Å²) in [5.74, 6) is -0.808. The molecule has 1 amide bonds. The lowest BCUT2D eigenvalue weighted by Crippen LogP contribution is -2.28. The van der Waals surface area contributed by atoms with Crippen molar-refractivity contribution >= 4 is 49.7 Å². The van der Waals surface area contributed by atoms with Gasteiger partial charge in [0.05, 0.1) is 5.69 Å². The van der Waals surface area contributed by atoms with Gasteiger partial charge in [-0.25, -0.2) is 18.2 Å². The number of thiophene rings is 1. The number of carbonyl (C=O) groups is 2. The second-order valence-corrected chi connectivity index (χ2v) is 9.85. The number of thiazole rings is 1. The first-order valence-electron chi connectivity index (χ1n) is 8.82. The van der Waals surface area contributed by atoms with Gasteiger partial charge in [-0.05, 0) is 31.2 Å². The van der Waals surface area contributed by atoms with Crippen LogP contribution >= 0.6 is 22.7 Å². The Morgan fingerprint density at radius 1 is 1.29 bits per heavy atom. The van der Waals surface area contributed by atoms with E-state index in [9.17, 15) is 18.0 Å². The van der Waals surface area contributed by atoms with E-state index in [0.29, 0.717) is 30.5 Å². The standard InChI is InChI=1S/C17H21N3O5S3/c1-3-20(12(2)21)17-18-13(11-27-17)10-25-16(22)15-14(6-9-26-15)28(23,24)19-7-4-5-8-19/h6,9,11H,3-5,7-8,10H2,1-2H3. The van der Waals surface area contributed by atoms with E-state index in [1.807, 2.05) is 6.92 Å². The van der Waals surface area contributed by atoms with Crippen molar-refractivity contribution in [1.82, 2.24) is 9.29 Å². The first-order chi connectivity index (χ1) is 13.3. The average Bonchev–Trinajstić information content (AvgIpc) is 3.41. The first kappa shape index (κ1) is 20.9. The summed E-state index contributed by atoms with van der Waals surface area (Å²) >= 11 is 2.33. The molecule has 11 heteroatoms. The second-order valence-electron chi connectivity index (χ2n) is 6.19. The van der Waals surface area contributed by atoms with Crippen molar-refractivity contribution in [2.75, 3.05) is 24.5 Å². The van der Waals surface area contributed by atoms with Crippen LogP contribution in [0.4, 0.5) is 5.13 Å². The Morgan fingerprint density at radius 2 is 2.00 bits per heavy atom. The fourth-order valence-electron chi connectivity index (χ4n) is 2.90. The van der Waals surface area contributed by atoms with Crippen LogP contribution in [0.5, 0.6) is 0 Å². The highest BCUT2D eigenvalue weighted by Crippen LogP contribution is 2.28. The van der Waals surface area contributed by atoms with Crippen molar-refractivity contribution in [2.24, 2.45) is 0 Å². The SMILES string of the molecule is CCN(C(C)=O)c1nc(COC(=O)c2sccc2S(=O)(=O)N2CCCC2)cs1. The molecule has 0 saturated carbocycles. The molecular weight excluding hydrogens is 422 g/mol. The molecule has 2 aromatic heterocycles. The van der Waals surface area contributed by atoms with E-state index in [2.05, 4.69) is 4.98 Å². The number of aromatic nitrogens is 1. The van der Waals surface area contributed by atoms with E-state index in [0.717, 1.165) is 24.2 Å². The molecule has 0 atom stereocenters. The van der Waals surface area contributed by atoms with E-state index in [1.165, 1.54) is 33.5 Å². The molecule has 1 aliphatic rings. The number of hydrogen-bond donors (Lipinski definition) is 0. The Hall–Kier alpha value is -1.82. The summed E-state index contributed by atoms with van der Waals surface area (Å²) in [6.45, 7) is 4.66. The maximum atomic E-state index is 12.7. The Labute approximate surface area is 171 Å². The number of esters is 1. The number of anilines is 1. The van der Waals surface area contributed by atoms with Crippen LogP contribution in [-0.4, -0.2) is 49.2 Å². The molecule has 3 heterocycles. The van der Waals surface area contributed by atoms with Crippen molar-refractivity contribution in [3.63, 3.8) is 0 Å². The number of amides is 1. The normalized spacial score (nSPS) is 14.9. The van der Waals surface area contributed by atoms with Gasteiger partial charge in [-0.1, -0.05) is 0 Å². The van der Waals surface area contributed by atoms with E-state index in [4.69, 9.17) is 4.74 Å². The van der Waals surface area contributed by atoms with Crippen LogP contribution in [0.3, 0.4) is 0 Å². The summed E-state index contributed by atoms with van der Waals surface area (Å²) in [6, 6.07) is 1.45. The molecule has 8 nitrogen and oxygen atoms in total. The van der Waals surface area contributed by atoms with Crippen LogP contribution in [0.15, 0.2) is 21.7 Å². The maximum absolute atomic E-state index is 12.7. The lowest BCUT2D eigenvalue weighted by Gasteiger charge is -2.15. The van der Waals surface area contributed by atoms with E-state index >= 15 is 0 Å². The average molecular weight is 444 g/mol. The maximum Gasteiger partial charge on any atom is 0.350 e. The predicted molar refractivity (Wildman–Crippen MR) is 107 cm³/mol. The lowest BCUT2D eigenvalue weighted by atomic mass is 10.4. The third-order valence-corrected chi connectivity index (χ3v) is 8.19. The van der Waals surface area contributed by atoms with Gasteiger partial charge in [-0.2, -0.15) is 4.31 Å². The second kappa shape index (κ2) is 8.68. The van der Waals surface area contributed by atoms with E-state index in [-0.39, 0.29) is 22.3 Å². The molecule has 0 aliphatic carbocycles. The molecule has 2 aromatic rings. The molecule has 1 fully saturated rings. The summed E-state index contributed by atoms with van der Waals surface area (Å²) in [5, 5.41) is 3.83. The van der Waals surface area contributed by atoms with Crippen LogP contribution in [-0.2, 0) is 26.2 Å². The van der Waals surface area contributed by atoms with Gasteiger partial charge in [0.15, 0.2) is 5.13 Å². The molecule has 3 rings (SSSR count). The fraction of sp³-hybridized carbons (Fsp3) is 0.471. The Morgan fingerprint density at radius 3 is 2.64 bits per heavy atom. The Bertz CT molecular complexity index is 960. The Balaban J connectivity index is 1.69. The van der Waals surface area contributed by atoms with Gasteiger partial charge >= 0.3 is 5.97 Å². The summed E-state index contributed by atoms with van der Waals surface area (Å²) in [6.07, 6.45) is 1.65. The van der Waals surface area contributed by atoms with Crippen LogP contribution in [0.2, 0.25) is 0 Å². The van der Waals surface area contributed by atoms with Crippen molar-refractivity contribution < 1.29 is 22.7 Å². The van der Waals surface area contributed by atoms with Gasteiger partial charge in [0.25, 0.3) is 0 Å². The molecule has 1 saturated heterocycles. The van der Waals surface area contributed by atoms with Crippen LogP contribution < -0.4 is 4.90 Å². The highest BCUT2D eigenvalue weighted by atomic mass is 32.2. The number of sulfonamides is 1. The number of nitrogens with zero attached hydrogens (tertiary/aromatic N) is 3. The van der Waals surface area contributed by atoms with Gasteiger partial charge in [0.1, 0.15) is 16.4 Å². The van der Waals surface area contributed by atoms with Crippen molar-refractivity contribution in [3.05, 3.63) is 27.4 Å². The highest BCUT2D eigenvalue weighted by Gasteiger charge is 2.32. The summed E-state index contributed by atoms with van der Waals surface area (Å²) in [5.41, 5.74) is 0.508. The van der Waals surface area contributed by atoms with Crippen molar-refractivity contribution in [1.29, 1.82) is 0 Å². The van der Waals surface area contributed by atoms with Gasteiger partial charge in [-0.15, -0.1) is 22.7 Å². The summed E-state index contributed by atoms with van der Waals surface area (Å²) < 4.78 is 32.2. The number of carbonyl (C=O) groups excluding carboxylic acids is 2. The summed E-state index contributed by atoms with van der Waals surface area (Å²) in [4.78, 5) is 30.0. The molecule has 0 bridgehead atoms. The minimum Gasteiger partial charge on any atom is -0.455 e. The van der Waals surface area contributed by atoms with Gasteiger partial charge in [0, 0.05) is 31.9 Å². The fourth-order valence-corrected chi connectivity index (χ4v) is 6.62. The zero-order valence-electron chi connectivity index (χ0n) is 15.6. The third-order valence-electron chi connectivity index (χ3n) is 4.32. The molecule has 28 heavy (non-hydrogen) atoms. The van der Waals surface area contributed by atoms with Crippen LogP contribution in [0.1, 0.15) is 42.1 Å². The highest BCUT2D eigenvalue weighted by molar-refractivity contribution is 7.89. The number of ether oxygens (including phenoxy) is 1. The van der Waals surface area contributed by atoms with Crippen molar-refractivity contribution in [2.45, 2.75) is 38.2 Å². The molecular formula is C17H21N3O5S3. The van der Waals surface area contributed by atoms with E-state index < -0.39 is 16.0 Å². The van der Waals surface area contributed by atoms with E-state index in [1.54, 1.807) is 10.8 Å². The van der Waals surface area contributed by atoms with Crippen LogP contribution in [0.25, 0.3) is 0 Å². The molecule has 152 valence electrons. The van der Waals surface area contributed by atoms with Crippen molar-refractivity contribution in [3.8, 4) is 0 Å². The molecule has 1 aliphatic heterocycles. The number of hydrogen-bond acceptors (Lipinski definition) is 8. The Kier molecular flexibility index (Phi) is 6.48. The van der Waals surface area contributed by atoms with Gasteiger partial charge in [-0.3, -0.25) is 9.69 Å². The zero-order valence-corrected chi connectivity index (χ0v) is 18.0. The molecule has 0 spiro atoms. The quantitative estimate of drug-likeness (QED) is 0.611. The smallest absolute Gasteiger partial charge is 0.350 e. The molecule has 0 unspecified atom stereocenters. The predicted octanol–water partition coefficient (Wildman–Crippen LogP) is 2.72. The first-order valence-corrected chi connectivity index (χ1v) is 12.0. The minimum absolute atomic E-state index is 0.00268. The monoisotopic (exact) mass is 443 g/mol. The lowest BCUT2D eigenvalue weighted by molar-refractivity contribution is -0.116. The van der Waals surface area contributed by atoms with Gasteiger partial charge in [0.2, 0.25) is 15.9 Å². The zero-order chi connectivity index (χ0) is 20.3. The largest absolute Gasteiger partial charge is 0.455 e. The molecule has 0 radical (unpaired) electrons. The minimum atomic E-state index is -3.69. The summed E-state index contributed by atoms with van der Waals surface area (Å²) in [7, 11) is -3.69. The molecule has 0 N–H and O–H groups in total.